The predicted octanol–water partition coefficient (Wildman–Crippen LogP) is 0.693. The van der Waals surface area contributed by atoms with Crippen LogP contribution in [0.4, 0.5) is 22.6 Å². The van der Waals surface area contributed by atoms with Crippen molar-refractivity contribution in [3.63, 3.8) is 0 Å². The van der Waals surface area contributed by atoms with Crippen molar-refractivity contribution in [3.05, 3.63) is 65.2 Å². The molecular formula is C25H32N9O4+. The second-order valence-corrected chi connectivity index (χ2v) is 8.49. The molecule has 1 saturated heterocycles. The number of aromatic nitrogens is 3. The van der Waals surface area contributed by atoms with Gasteiger partial charge in [-0.05, 0) is 28.8 Å². The number of methoxy groups -OCH3 is 2. The molecule has 200 valence electrons. The maximum absolute atomic E-state index is 12.0. The highest BCUT2D eigenvalue weighted by atomic mass is 16.5. The largest absolute Gasteiger partial charge is 0.497 e. The smallest absolute Gasteiger partial charge is 0.442 e. The van der Waals surface area contributed by atoms with Gasteiger partial charge < -0.3 is 25.4 Å². The second kappa shape index (κ2) is 13.3. The molecule has 38 heavy (non-hydrogen) atoms. The quantitative estimate of drug-likeness (QED) is 0.150. The van der Waals surface area contributed by atoms with E-state index in [9.17, 15) is 9.59 Å². The minimum Gasteiger partial charge on any atom is -0.497 e. The van der Waals surface area contributed by atoms with Gasteiger partial charge in [-0.2, -0.15) is 25.3 Å². The Morgan fingerprint density at radius 3 is 1.89 bits per heavy atom. The van der Waals surface area contributed by atoms with Gasteiger partial charge in [-0.25, -0.2) is 9.59 Å². The molecule has 0 atom stereocenters. The molecule has 1 aliphatic rings. The van der Waals surface area contributed by atoms with Gasteiger partial charge in [-0.15, -0.1) is 0 Å². The van der Waals surface area contributed by atoms with E-state index in [0.717, 1.165) is 40.3 Å². The molecule has 1 fully saturated rings. The fraction of sp³-hybridized carbons (Fsp3) is 0.320. The molecule has 13 nitrogen and oxygen atoms in total. The van der Waals surface area contributed by atoms with Crippen LogP contribution in [-0.4, -0.2) is 65.8 Å². The number of ether oxygens (including phenoxy) is 2. The van der Waals surface area contributed by atoms with Crippen LogP contribution < -0.4 is 31.4 Å². The van der Waals surface area contributed by atoms with Crippen LogP contribution in [-0.2, 0) is 29.2 Å². The van der Waals surface area contributed by atoms with E-state index in [1.165, 1.54) is 5.56 Å². The molecule has 1 aliphatic heterocycles. The molecule has 2 aromatic carbocycles. The number of urea groups is 1. The van der Waals surface area contributed by atoms with Crippen molar-refractivity contribution in [1.29, 1.82) is 0 Å². The van der Waals surface area contributed by atoms with Crippen molar-refractivity contribution in [3.8, 4) is 5.75 Å². The van der Waals surface area contributed by atoms with Gasteiger partial charge >= 0.3 is 11.9 Å². The van der Waals surface area contributed by atoms with E-state index in [1.807, 2.05) is 36.4 Å². The second-order valence-electron chi connectivity index (χ2n) is 8.49. The molecule has 0 radical (unpaired) electrons. The standard InChI is InChI=1S/C25H31N9O4/c1-37-12-11-26-13-17-3-5-18(6-4-17)14-27-22-30-23(28-15-19-7-9-20(38-2)10-8-19)32-24(31-22)33-34-16-21(35)29-25(34)36/h3-10,26H,11-16H2,1-2H3,(H,29,35,36)(H3,27,28,30,31,32,33)/p+1. The van der Waals surface area contributed by atoms with E-state index >= 15 is 0 Å². The molecule has 0 saturated carbocycles. The number of hydrogen-bond acceptors (Lipinski definition) is 11. The number of primary amides is 2. The van der Waals surface area contributed by atoms with E-state index in [2.05, 4.69) is 48.5 Å². The average molecular weight is 523 g/mol. The topological polar surface area (TPSA) is 159 Å². The van der Waals surface area contributed by atoms with E-state index in [-0.39, 0.29) is 18.4 Å². The zero-order valence-electron chi connectivity index (χ0n) is 21.4. The summed E-state index contributed by atoms with van der Waals surface area (Å²) in [6, 6.07) is 15.4. The number of amides is 3. The van der Waals surface area contributed by atoms with Crippen LogP contribution in [0.1, 0.15) is 16.7 Å². The maximum atomic E-state index is 12.0. The van der Waals surface area contributed by atoms with Crippen molar-refractivity contribution in [1.82, 2.24) is 25.3 Å². The van der Waals surface area contributed by atoms with Gasteiger partial charge in [0, 0.05) is 33.3 Å². The molecule has 0 bridgehead atoms. The Bertz CT molecular complexity index is 1220. The average Bonchev–Trinajstić information content (AvgIpc) is 3.25. The SMILES string of the molecule is COCCNCc1ccc(CNc2nc(NCc3ccc(OC)cc3)nc(NN3CC(=O)[NH2+]C3=O)n2)cc1. The van der Waals surface area contributed by atoms with E-state index in [1.54, 1.807) is 14.2 Å². The van der Waals surface area contributed by atoms with Crippen molar-refractivity contribution in [2.24, 2.45) is 0 Å². The summed E-state index contributed by atoms with van der Waals surface area (Å²) >= 11 is 0. The summed E-state index contributed by atoms with van der Waals surface area (Å²) in [7, 11) is 3.30. The van der Waals surface area contributed by atoms with Crippen molar-refractivity contribution >= 4 is 29.8 Å². The third kappa shape index (κ3) is 7.83. The molecule has 1 aromatic heterocycles. The van der Waals surface area contributed by atoms with Gasteiger partial charge in [0.15, 0.2) is 6.54 Å². The van der Waals surface area contributed by atoms with Gasteiger partial charge in [0.1, 0.15) is 5.75 Å². The Morgan fingerprint density at radius 2 is 1.37 bits per heavy atom. The Kier molecular flexibility index (Phi) is 9.34. The molecule has 0 aliphatic carbocycles. The first kappa shape index (κ1) is 26.7. The molecule has 13 heteroatoms. The molecular weight excluding hydrogens is 490 g/mol. The summed E-state index contributed by atoms with van der Waals surface area (Å²) in [5.74, 6) is 1.23. The maximum Gasteiger partial charge on any atom is 0.442 e. The highest BCUT2D eigenvalue weighted by Crippen LogP contribution is 2.15. The first-order valence-corrected chi connectivity index (χ1v) is 12.1. The summed E-state index contributed by atoms with van der Waals surface area (Å²) in [5, 5.41) is 11.9. The number of benzene rings is 2. The number of nitrogens with one attached hydrogen (secondary N) is 4. The third-order valence-corrected chi connectivity index (χ3v) is 5.63. The normalized spacial score (nSPS) is 13.1. The van der Waals surface area contributed by atoms with Gasteiger partial charge in [0.2, 0.25) is 17.8 Å². The van der Waals surface area contributed by atoms with Crippen LogP contribution in [0.25, 0.3) is 0 Å². The highest BCUT2D eigenvalue weighted by Gasteiger charge is 2.33. The number of nitrogens with two attached hydrogens (primary N) is 1. The van der Waals surface area contributed by atoms with Crippen molar-refractivity contribution in [2.75, 3.05) is 50.0 Å². The number of carbonyl (C=O) groups is 2. The van der Waals surface area contributed by atoms with E-state index in [4.69, 9.17) is 9.47 Å². The zero-order valence-corrected chi connectivity index (χ0v) is 21.4. The number of carbonyl (C=O) groups excluding carboxylic acids is 2. The van der Waals surface area contributed by atoms with Crippen molar-refractivity contribution in [2.45, 2.75) is 19.6 Å². The van der Waals surface area contributed by atoms with Crippen LogP contribution in [0, 0.1) is 0 Å². The lowest BCUT2D eigenvalue weighted by atomic mass is 10.1. The zero-order chi connectivity index (χ0) is 26.7. The van der Waals surface area contributed by atoms with Crippen LogP contribution >= 0.6 is 0 Å². The number of hydrazine groups is 1. The first-order valence-electron chi connectivity index (χ1n) is 12.1. The summed E-state index contributed by atoms with van der Waals surface area (Å²) in [6.45, 7) is 3.07. The van der Waals surface area contributed by atoms with Crippen LogP contribution in [0.2, 0.25) is 0 Å². The summed E-state index contributed by atoms with van der Waals surface area (Å²) in [4.78, 5) is 36.9. The molecule has 3 aromatic rings. The molecule has 3 amide bonds. The minimum atomic E-state index is -0.450. The van der Waals surface area contributed by atoms with Crippen LogP contribution in [0.5, 0.6) is 5.75 Å². The fourth-order valence-corrected chi connectivity index (χ4v) is 3.58. The number of rotatable bonds is 14. The molecule has 6 N–H and O–H groups in total. The number of hydrogen-bond donors (Lipinski definition) is 5. The fourth-order valence-electron chi connectivity index (χ4n) is 3.58. The van der Waals surface area contributed by atoms with Gasteiger partial charge in [0.25, 0.3) is 0 Å². The predicted molar refractivity (Wildman–Crippen MR) is 140 cm³/mol. The minimum absolute atomic E-state index is 0.0887. The third-order valence-electron chi connectivity index (χ3n) is 5.63. The van der Waals surface area contributed by atoms with Gasteiger partial charge in [0.05, 0.1) is 13.7 Å². The number of quaternary nitrogens is 1. The van der Waals surface area contributed by atoms with Gasteiger partial charge in [-0.3, -0.25) is 5.43 Å². The lowest BCUT2D eigenvalue weighted by Crippen LogP contribution is -2.88. The number of anilines is 3. The molecule has 0 spiro atoms. The van der Waals surface area contributed by atoms with E-state index in [0.29, 0.717) is 31.6 Å². The summed E-state index contributed by atoms with van der Waals surface area (Å²) < 4.78 is 10.2. The monoisotopic (exact) mass is 522 g/mol. The molecule has 2 heterocycles. The van der Waals surface area contributed by atoms with Gasteiger partial charge in [-0.1, -0.05) is 36.4 Å². The Morgan fingerprint density at radius 1 is 0.816 bits per heavy atom. The highest BCUT2D eigenvalue weighted by molar-refractivity contribution is 5.87. The number of nitrogens with zero attached hydrogens (tertiary/aromatic N) is 4. The van der Waals surface area contributed by atoms with Crippen LogP contribution in [0.15, 0.2) is 48.5 Å². The molecule has 4 rings (SSSR count). The first-order chi connectivity index (χ1) is 18.5. The van der Waals surface area contributed by atoms with E-state index < -0.39 is 6.03 Å². The van der Waals surface area contributed by atoms with Crippen LogP contribution in [0.3, 0.4) is 0 Å². The number of imide groups is 1. The summed E-state index contributed by atoms with van der Waals surface area (Å²) in [5.41, 5.74) is 6.02. The Hall–Kier alpha value is -4.33. The lowest BCUT2D eigenvalue weighted by molar-refractivity contribution is -0.461. The lowest BCUT2D eigenvalue weighted by Gasteiger charge is -2.15. The Labute approximate surface area is 220 Å². The summed E-state index contributed by atoms with van der Waals surface area (Å²) in [6.07, 6.45) is 0. The van der Waals surface area contributed by atoms with Crippen molar-refractivity contribution < 1.29 is 24.4 Å². The molecule has 0 unspecified atom stereocenters. The Balaban J connectivity index is 1.42.